The van der Waals surface area contributed by atoms with E-state index < -0.39 is 12.1 Å². The van der Waals surface area contributed by atoms with Gasteiger partial charge in [-0.15, -0.1) is 0 Å². The summed E-state index contributed by atoms with van der Waals surface area (Å²) in [6, 6.07) is 0. The van der Waals surface area contributed by atoms with Crippen LogP contribution in [0.15, 0.2) is 0 Å². The van der Waals surface area contributed by atoms with Crippen LogP contribution in [-0.2, 0) is 9.59 Å². The van der Waals surface area contributed by atoms with Crippen LogP contribution in [0.5, 0.6) is 0 Å². The molecule has 0 amide bonds. The maximum Gasteiger partial charge on any atom is 0.310 e. The monoisotopic (exact) mass is 178 g/mol. The van der Waals surface area contributed by atoms with E-state index in [0.717, 1.165) is 0 Å². The second-order valence-electron chi connectivity index (χ2n) is 2.30. The highest BCUT2D eigenvalue weighted by Gasteiger charge is 1.98. The predicted octanol–water partition coefficient (Wildman–Crippen LogP) is -0.590. The highest BCUT2D eigenvalue weighted by molar-refractivity contribution is 5.93. The molecule has 0 aliphatic carbocycles. The molecule has 0 aromatic heterocycles. The van der Waals surface area contributed by atoms with Crippen molar-refractivity contribution in [3.05, 3.63) is 0 Å². The van der Waals surface area contributed by atoms with Crippen LogP contribution >= 0.6 is 0 Å². The molecule has 3 N–H and O–H groups in total. The highest BCUT2D eigenvalue weighted by Crippen LogP contribution is 1.77. The molecule has 0 aromatic carbocycles. The summed E-state index contributed by atoms with van der Waals surface area (Å²) in [6.07, 6.45) is -0.921. The Hall–Kier alpha value is -0.940. The fraction of sp³-hybridized carbons (Fsp3) is 0.714. The SMILES string of the molecule is CC(=O)CC(=O)O.CC(O)CO. The number of rotatable bonds is 3. The number of carboxylic acid groups (broad SMARTS) is 1. The number of Topliss-reactive ketones (excluding diaryl/α,β-unsaturated/α-hetero) is 1. The number of ketones is 1. The Kier molecular flexibility index (Phi) is 9.27. The molecule has 0 saturated carbocycles. The molecule has 12 heavy (non-hydrogen) atoms. The third-order valence-electron chi connectivity index (χ3n) is 0.664. The van der Waals surface area contributed by atoms with Gasteiger partial charge in [-0.2, -0.15) is 0 Å². The van der Waals surface area contributed by atoms with E-state index in [1.54, 1.807) is 0 Å². The molecule has 0 bridgehead atoms. The summed E-state index contributed by atoms with van der Waals surface area (Å²) in [6.45, 7) is 2.63. The van der Waals surface area contributed by atoms with Crippen molar-refractivity contribution in [3.8, 4) is 0 Å². The molecule has 0 rings (SSSR count). The minimum atomic E-state index is -1.06. The van der Waals surface area contributed by atoms with Gasteiger partial charge in [0.05, 0.1) is 12.7 Å². The Morgan fingerprint density at radius 3 is 1.75 bits per heavy atom. The summed E-state index contributed by atoms with van der Waals surface area (Å²) in [4.78, 5) is 19.5. The zero-order chi connectivity index (χ0) is 10.1. The molecular formula is C7H14O5. The Bertz CT molecular complexity index is 129. The van der Waals surface area contributed by atoms with Crippen molar-refractivity contribution in [2.24, 2.45) is 0 Å². The Morgan fingerprint density at radius 1 is 1.42 bits per heavy atom. The third-order valence-corrected chi connectivity index (χ3v) is 0.664. The number of aliphatic hydroxyl groups is 2. The lowest BCUT2D eigenvalue weighted by Gasteiger charge is -1.90. The fourth-order valence-corrected chi connectivity index (χ4v) is 0.213. The van der Waals surface area contributed by atoms with Crippen LogP contribution < -0.4 is 0 Å². The fourth-order valence-electron chi connectivity index (χ4n) is 0.213. The van der Waals surface area contributed by atoms with Crippen LogP contribution in [0.3, 0.4) is 0 Å². The predicted molar refractivity (Wildman–Crippen MR) is 41.7 cm³/mol. The van der Waals surface area contributed by atoms with E-state index in [4.69, 9.17) is 15.3 Å². The second-order valence-corrected chi connectivity index (χ2v) is 2.30. The number of carbonyl (C=O) groups excluding carboxylic acids is 1. The molecule has 0 radical (unpaired) electrons. The standard InChI is InChI=1S/C4H6O3.C3H8O2/c1-3(5)2-4(6)7;1-3(5)2-4/h2H2,1H3,(H,6,7);3-5H,2H2,1H3. The van der Waals surface area contributed by atoms with Gasteiger partial charge in [-0.1, -0.05) is 0 Å². The zero-order valence-corrected chi connectivity index (χ0v) is 7.15. The minimum absolute atomic E-state index is 0.139. The van der Waals surface area contributed by atoms with Gasteiger partial charge >= 0.3 is 5.97 Å². The summed E-state index contributed by atoms with van der Waals surface area (Å²) in [5, 5.41) is 23.9. The maximum atomic E-state index is 9.87. The lowest BCUT2D eigenvalue weighted by atomic mass is 10.3. The summed E-state index contributed by atoms with van der Waals surface area (Å²) in [5.41, 5.74) is 0. The number of hydrogen-bond donors (Lipinski definition) is 3. The summed E-state index contributed by atoms with van der Waals surface area (Å²) in [5.74, 6) is -1.37. The van der Waals surface area contributed by atoms with Gasteiger partial charge in [0.2, 0.25) is 0 Å². The Morgan fingerprint density at radius 2 is 1.75 bits per heavy atom. The van der Waals surface area contributed by atoms with Crippen molar-refractivity contribution in [3.63, 3.8) is 0 Å². The first-order chi connectivity index (χ1) is 5.40. The van der Waals surface area contributed by atoms with Crippen LogP contribution in [0.2, 0.25) is 0 Å². The molecule has 5 heteroatoms. The van der Waals surface area contributed by atoms with Gasteiger partial charge in [-0.3, -0.25) is 9.59 Å². The van der Waals surface area contributed by atoms with E-state index in [-0.39, 0.29) is 18.8 Å². The van der Waals surface area contributed by atoms with Crippen LogP contribution in [0.4, 0.5) is 0 Å². The molecule has 72 valence electrons. The summed E-state index contributed by atoms with van der Waals surface area (Å²) in [7, 11) is 0. The summed E-state index contributed by atoms with van der Waals surface area (Å²) >= 11 is 0. The van der Waals surface area contributed by atoms with E-state index in [0.29, 0.717) is 0 Å². The number of hydrogen-bond acceptors (Lipinski definition) is 4. The minimum Gasteiger partial charge on any atom is -0.481 e. The molecule has 1 unspecified atom stereocenters. The van der Waals surface area contributed by atoms with E-state index >= 15 is 0 Å². The first-order valence-corrected chi connectivity index (χ1v) is 3.40. The lowest BCUT2D eigenvalue weighted by Crippen LogP contribution is -2.03. The Labute approximate surface area is 70.6 Å². The van der Waals surface area contributed by atoms with Crippen molar-refractivity contribution >= 4 is 11.8 Å². The smallest absolute Gasteiger partial charge is 0.310 e. The molecule has 0 aromatic rings. The van der Waals surface area contributed by atoms with Gasteiger partial charge in [0, 0.05) is 0 Å². The normalized spacial score (nSPS) is 11.0. The number of carboxylic acids is 1. The van der Waals surface area contributed by atoms with Crippen molar-refractivity contribution in [1.29, 1.82) is 0 Å². The molecule has 5 nitrogen and oxygen atoms in total. The first-order valence-electron chi connectivity index (χ1n) is 3.40. The van der Waals surface area contributed by atoms with Crippen molar-refractivity contribution in [1.82, 2.24) is 0 Å². The molecule has 0 fully saturated rings. The zero-order valence-electron chi connectivity index (χ0n) is 7.15. The third kappa shape index (κ3) is 23.0. The molecule has 0 saturated heterocycles. The lowest BCUT2D eigenvalue weighted by molar-refractivity contribution is -0.139. The van der Waals surface area contributed by atoms with Gasteiger partial charge in [0.15, 0.2) is 0 Å². The van der Waals surface area contributed by atoms with E-state index in [2.05, 4.69) is 0 Å². The van der Waals surface area contributed by atoms with Crippen LogP contribution in [0.1, 0.15) is 20.3 Å². The number of aliphatic carboxylic acids is 1. The largest absolute Gasteiger partial charge is 0.481 e. The molecule has 0 heterocycles. The van der Waals surface area contributed by atoms with E-state index in [1.807, 2.05) is 0 Å². The van der Waals surface area contributed by atoms with Gasteiger partial charge in [0.1, 0.15) is 12.2 Å². The van der Waals surface area contributed by atoms with Gasteiger partial charge in [0.25, 0.3) is 0 Å². The molecular weight excluding hydrogens is 164 g/mol. The summed E-state index contributed by atoms with van der Waals surface area (Å²) < 4.78 is 0. The first kappa shape index (κ1) is 13.6. The van der Waals surface area contributed by atoms with E-state index in [1.165, 1.54) is 13.8 Å². The van der Waals surface area contributed by atoms with E-state index in [9.17, 15) is 9.59 Å². The van der Waals surface area contributed by atoms with Gasteiger partial charge in [-0.25, -0.2) is 0 Å². The highest BCUT2D eigenvalue weighted by atomic mass is 16.4. The Balaban J connectivity index is 0. The molecule has 0 aliphatic heterocycles. The van der Waals surface area contributed by atoms with Crippen molar-refractivity contribution in [2.75, 3.05) is 6.61 Å². The van der Waals surface area contributed by atoms with Crippen LogP contribution in [0, 0.1) is 0 Å². The van der Waals surface area contributed by atoms with Gasteiger partial charge in [-0.05, 0) is 13.8 Å². The molecule has 1 atom stereocenters. The molecule has 0 spiro atoms. The van der Waals surface area contributed by atoms with Gasteiger partial charge < -0.3 is 15.3 Å². The average Bonchev–Trinajstić information content (AvgIpc) is 1.85. The van der Waals surface area contributed by atoms with Crippen molar-refractivity contribution in [2.45, 2.75) is 26.4 Å². The second kappa shape index (κ2) is 8.16. The topological polar surface area (TPSA) is 94.8 Å². The number of carbonyl (C=O) groups is 2. The molecule has 0 aliphatic rings. The maximum absolute atomic E-state index is 9.87. The van der Waals surface area contributed by atoms with Crippen LogP contribution in [0.25, 0.3) is 0 Å². The quantitative estimate of drug-likeness (QED) is 0.502. The van der Waals surface area contributed by atoms with Crippen LogP contribution in [-0.4, -0.2) is 39.8 Å². The number of aliphatic hydroxyl groups excluding tert-OH is 2. The average molecular weight is 178 g/mol. The van der Waals surface area contributed by atoms with Crippen molar-refractivity contribution < 1.29 is 24.9 Å².